The first-order chi connectivity index (χ1) is 16.3. The molecule has 3 aliphatic rings. The first kappa shape index (κ1) is 22.9. The first-order valence-electron chi connectivity index (χ1n) is 11.3. The fourth-order valence-electron chi connectivity index (χ4n) is 6.16. The number of carboxylic acids is 1. The van der Waals surface area contributed by atoms with E-state index in [2.05, 4.69) is 16.9 Å². The van der Waals surface area contributed by atoms with E-state index in [4.69, 9.17) is 0 Å². The van der Waals surface area contributed by atoms with Gasteiger partial charge in [0.2, 0.25) is 11.8 Å². The van der Waals surface area contributed by atoms with Crippen molar-refractivity contribution in [3.8, 4) is 0 Å². The highest BCUT2D eigenvalue weighted by Crippen LogP contribution is 2.68. The van der Waals surface area contributed by atoms with Crippen LogP contribution in [0.2, 0.25) is 0 Å². The van der Waals surface area contributed by atoms with Crippen molar-refractivity contribution in [1.29, 1.82) is 0 Å². The van der Waals surface area contributed by atoms with Gasteiger partial charge in [0.05, 0.1) is 28.7 Å². The number of carbonyl (C=O) groups excluding carboxylic acids is 2. The van der Waals surface area contributed by atoms with Crippen LogP contribution >= 0.6 is 11.8 Å². The molecular weight excluding hydrogens is 458 g/mol. The smallest absolute Gasteiger partial charge is 0.308 e. The number of fused-ring (bicyclic) bond motifs is 2. The molecule has 10 nitrogen and oxygen atoms in total. The number of hydrogen-bond acceptors (Lipinski definition) is 7. The average molecular weight is 486 g/mol. The summed E-state index contributed by atoms with van der Waals surface area (Å²) in [5, 5.41) is 27.8. The molecule has 2 bridgehead atoms. The van der Waals surface area contributed by atoms with Crippen molar-refractivity contribution in [3.63, 3.8) is 0 Å². The molecule has 1 aromatic carbocycles. The number of benzene rings is 1. The van der Waals surface area contributed by atoms with Gasteiger partial charge in [-0.15, -0.1) is 23.4 Å². The highest BCUT2D eigenvalue weighted by atomic mass is 32.2. The van der Waals surface area contributed by atoms with Gasteiger partial charge in [-0.2, -0.15) is 0 Å². The van der Waals surface area contributed by atoms with E-state index in [1.165, 1.54) is 16.7 Å². The average Bonchev–Trinajstić information content (AvgIpc) is 3.52. The number of aromatic nitrogens is 3. The summed E-state index contributed by atoms with van der Waals surface area (Å²) in [5.41, 5.74) is 1.47. The van der Waals surface area contributed by atoms with E-state index >= 15 is 0 Å². The van der Waals surface area contributed by atoms with E-state index in [1.54, 1.807) is 15.7 Å². The molecule has 2 aromatic rings. The van der Waals surface area contributed by atoms with Gasteiger partial charge in [-0.05, 0) is 24.5 Å². The Morgan fingerprint density at radius 1 is 1.38 bits per heavy atom. The van der Waals surface area contributed by atoms with E-state index in [-0.39, 0.29) is 49.3 Å². The third-order valence-corrected chi connectivity index (χ3v) is 9.57. The molecule has 2 N–H and O–H groups in total. The quantitative estimate of drug-likeness (QED) is 0.526. The Morgan fingerprint density at radius 2 is 2.15 bits per heavy atom. The molecule has 34 heavy (non-hydrogen) atoms. The molecule has 2 amide bonds. The Labute approximate surface area is 200 Å². The monoisotopic (exact) mass is 485 g/mol. The summed E-state index contributed by atoms with van der Waals surface area (Å²) in [7, 11) is 0. The number of carbonyl (C=O) groups is 3. The second-order valence-corrected chi connectivity index (χ2v) is 10.8. The third-order valence-electron chi connectivity index (χ3n) is 7.49. The summed E-state index contributed by atoms with van der Waals surface area (Å²) < 4.78 is 0.780. The van der Waals surface area contributed by atoms with Crippen LogP contribution in [0.25, 0.3) is 11.0 Å². The number of aliphatic carboxylic acids is 1. The largest absolute Gasteiger partial charge is 0.481 e. The number of β-amino-alcohol motifs (C(OH)–C–C–N with tert-alkyl or cyclic N) is 1. The van der Waals surface area contributed by atoms with Gasteiger partial charge in [-0.1, -0.05) is 30.3 Å². The Bertz CT molecular complexity index is 1170. The molecule has 3 aliphatic heterocycles. The fraction of sp³-hybridized carbons (Fsp3) is 0.522. The lowest BCUT2D eigenvalue weighted by atomic mass is 9.66. The molecule has 11 heteroatoms. The van der Waals surface area contributed by atoms with Gasteiger partial charge in [0.25, 0.3) is 0 Å². The van der Waals surface area contributed by atoms with Crippen molar-refractivity contribution in [2.24, 2.45) is 17.8 Å². The zero-order valence-electron chi connectivity index (χ0n) is 18.8. The minimum atomic E-state index is -1.00. The van der Waals surface area contributed by atoms with Crippen LogP contribution in [0.4, 0.5) is 0 Å². The molecule has 0 aliphatic carbocycles. The number of thioether (sulfide) groups is 1. The van der Waals surface area contributed by atoms with Crippen LogP contribution in [0, 0.1) is 17.8 Å². The van der Waals surface area contributed by atoms with Crippen LogP contribution in [0.5, 0.6) is 0 Å². The van der Waals surface area contributed by atoms with Gasteiger partial charge in [0.15, 0.2) is 0 Å². The van der Waals surface area contributed by atoms with Crippen LogP contribution in [0.1, 0.15) is 13.3 Å². The lowest BCUT2D eigenvalue weighted by Crippen LogP contribution is -2.57. The Kier molecular flexibility index (Phi) is 5.64. The number of likely N-dealkylation sites (tertiary alicyclic amines) is 1. The lowest BCUT2D eigenvalue weighted by molar-refractivity contribution is -0.149. The van der Waals surface area contributed by atoms with Gasteiger partial charge in [-0.25, -0.2) is 4.68 Å². The van der Waals surface area contributed by atoms with E-state index in [0.29, 0.717) is 11.9 Å². The molecule has 5 rings (SSSR count). The van der Waals surface area contributed by atoms with Gasteiger partial charge < -0.3 is 20.0 Å². The van der Waals surface area contributed by atoms with Crippen LogP contribution in [-0.4, -0.2) is 88.5 Å². The lowest BCUT2D eigenvalue weighted by Gasteiger charge is -2.40. The molecule has 0 saturated carbocycles. The van der Waals surface area contributed by atoms with Crippen molar-refractivity contribution in [1.82, 2.24) is 24.8 Å². The maximum absolute atomic E-state index is 14.2. The molecular formula is C23H27N5O5S. The van der Waals surface area contributed by atoms with Crippen LogP contribution in [0.15, 0.2) is 36.9 Å². The van der Waals surface area contributed by atoms with Gasteiger partial charge in [0.1, 0.15) is 18.2 Å². The number of para-hydroxylation sites is 1. The molecule has 3 saturated heterocycles. The van der Waals surface area contributed by atoms with Gasteiger partial charge in [0, 0.05) is 18.3 Å². The highest BCUT2D eigenvalue weighted by Gasteiger charge is 2.76. The SMILES string of the molecule is C=CCN(Cn1nnc2ccccc21)C(=O)C1N(CCO)C(=O)[C@@H]2[C@@H](C(=O)O)[C@H]3CC(C)C12S3. The molecule has 6 atom stereocenters. The van der Waals surface area contributed by atoms with Crippen molar-refractivity contribution in [2.45, 2.75) is 36.1 Å². The number of nitrogens with zero attached hydrogens (tertiary/aromatic N) is 5. The minimum absolute atomic E-state index is 0.0219. The Hall–Kier alpha value is -2.92. The zero-order valence-corrected chi connectivity index (χ0v) is 19.6. The van der Waals surface area contributed by atoms with Crippen LogP contribution < -0.4 is 0 Å². The number of hydrogen-bond donors (Lipinski definition) is 2. The summed E-state index contributed by atoms with van der Waals surface area (Å²) in [5.74, 6) is -3.30. The number of aliphatic hydroxyl groups is 1. The summed E-state index contributed by atoms with van der Waals surface area (Å²) in [6.45, 7) is 5.78. The van der Waals surface area contributed by atoms with E-state index < -0.39 is 28.6 Å². The van der Waals surface area contributed by atoms with Gasteiger partial charge >= 0.3 is 5.97 Å². The third kappa shape index (κ3) is 3.09. The van der Waals surface area contributed by atoms with Crippen LogP contribution in [-0.2, 0) is 21.1 Å². The molecule has 3 fully saturated rings. The van der Waals surface area contributed by atoms with Crippen molar-refractivity contribution in [3.05, 3.63) is 36.9 Å². The molecule has 1 spiro atoms. The van der Waals surface area contributed by atoms with E-state index in [0.717, 1.165) is 5.52 Å². The maximum atomic E-state index is 14.2. The van der Waals surface area contributed by atoms with Crippen LogP contribution in [0.3, 0.4) is 0 Å². The summed E-state index contributed by atoms with van der Waals surface area (Å²) in [6, 6.07) is 6.55. The zero-order chi connectivity index (χ0) is 24.2. The summed E-state index contributed by atoms with van der Waals surface area (Å²) in [6.07, 6.45) is 2.25. The number of aliphatic hydroxyl groups excluding tert-OH is 1. The fourth-order valence-corrected chi connectivity index (χ4v) is 8.57. The molecule has 1 aromatic heterocycles. The molecule has 180 valence electrons. The summed E-state index contributed by atoms with van der Waals surface area (Å²) >= 11 is 1.48. The Balaban J connectivity index is 1.55. The maximum Gasteiger partial charge on any atom is 0.308 e. The molecule has 3 unspecified atom stereocenters. The Morgan fingerprint density at radius 3 is 2.85 bits per heavy atom. The topological polar surface area (TPSA) is 129 Å². The van der Waals surface area contributed by atoms with Crippen molar-refractivity contribution in [2.75, 3.05) is 19.7 Å². The molecule has 0 radical (unpaired) electrons. The van der Waals surface area contributed by atoms with E-state index in [1.807, 2.05) is 31.2 Å². The second-order valence-electron chi connectivity index (χ2n) is 9.21. The van der Waals surface area contributed by atoms with Crippen molar-refractivity contribution >= 4 is 40.6 Å². The first-order valence-corrected chi connectivity index (χ1v) is 12.2. The summed E-state index contributed by atoms with van der Waals surface area (Å²) in [4.78, 5) is 42.8. The van der Waals surface area contributed by atoms with E-state index in [9.17, 15) is 24.6 Å². The molecule has 4 heterocycles. The van der Waals surface area contributed by atoms with Gasteiger partial charge in [-0.3, -0.25) is 14.4 Å². The number of carboxylic acid groups (broad SMARTS) is 1. The minimum Gasteiger partial charge on any atom is -0.481 e. The predicted octanol–water partition coefficient (Wildman–Crippen LogP) is 0.818. The van der Waals surface area contributed by atoms with Crippen molar-refractivity contribution < 1.29 is 24.6 Å². The second kappa shape index (κ2) is 8.38. The number of rotatable bonds is 8. The standard InChI is InChI=1S/C23H27N5O5S/c1-3-8-26(12-28-15-7-5-4-6-14(15)24-25-28)21(31)19-23-13(2)11-16(34-23)17(22(32)33)18(23)20(30)27(19)9-10-29/h3-7,13,16-19,29H,1,8-12H2,2H3,(H,32,33)/t13?,16-,17+,18+,19?,23?/m1/s1. The number of amides is 2. The highest BCUT2D eigenvalue weighted by molar-refractivity contribution is 8.02. The predicted molar refractivity (Wildman–Crippen MR) is 125 cm³/mol. The normalized spacial score (nSPS) is 31.8.